The molecule has 1 heterocycles. The van der Waals surface area contributed by atoms with Crippen molar-refractivity contribution in [2.24, 2.45) is 0 Å². The van der Waals surface area contributed by atoms with Gasteiger partial charge in [-0.05, 0) is 36.2 Å². The van der Waals surface area contributed by atoms with Gasteiger partial charge in [-0.2, -0.15) is 0 Å². The maximum Gasteiger partial charge on any atom is 0.223 e. The zero-order valence-corrected chi connectivity index (χ0v) is 14.2. The molecule has 0 saturated carbocycles. The van der Waals surface area contributed by atoms with Crippen LogP contribution in [0.15, 0.2) is 48.5 Å². The van der Waals surface area contributed by atoms with E-state index in [0.29, 0.717) is 31.5 Å². The van der Waals surface area contributed by atoms with Crippen LogP contribution in [0.25, 0.3) is 0 Å². The standard InChI is InChI=1S/C19H20ClFN2O/c20-16-5-3-6-17(14-16)22-10-12-23(13-11-22)19(24)9-8-15-4-1-2-7-18(15)21/h1-7,14H,8-13H2. The Balaban J connectivity index is 1.51. The van der Waals surface area contributed by atoms with Crippen molar-refractivity contribution >= 4 is 23.2 Å². The van der Waals surface area contributed by atoms with Gasteiger partial charge in [0, 0.05) is 43.3 Å². The van der Waals surface area contributed by atoms with Crippen LogP contribution in [0.2, 0.25) is 5.02 Å². The number of hydrogen-bond donors (Lipinski definition) is 0. The molecule has 0 radical (unpaired) electrons. The van der Waals surface area contributed by atoms with Gasteiger partial charge in [-0.25, -0.2) is 4.39 Å². The smallest absolute Gasteiger partial charge is 0.223 e. The van der Waals surface area contributed by atoms with Crippen LogP contribution in [0.5, 0.6) is 0 Å². The Hall–Kier alpha value is -2.07. The average Bonchev–Trinajstić information content (AvgIpc) is 2.61. The number of benzene rings is 2. The lowest BCUT2D eigenvalue weighted by atomic mass is 10.1. The SMILES string of the molecule is O=C(CCc1ccccc1F)N1CCN(c2cccc(Cl)c2)CC1. The lowest BCUT2D eigenvalue weighted by Crippen LogP contribution is -2.48. The van der Waals surface area contributed by atoms with Gasteiger partial charge in [0.2, 0.25) is 5.91 Å². The van der Waals surface area contributed by atoms with Gasteiger partial charge in [0.05, 0.1) is 0 Å². The highest BCUT2D eigenvalue weighted by atomic mass is 35.5. The Morgan fingerprint density at radius 2 is 1.79 bits per heavy atom. The summed E-state index contributed by atoms with van der Waals surface area (Å²) in [7, 11) is 0. The number of amides is 1. The lowest BCUT2D eigenvalue weighted by Gasteiger charge is -2.36. The van der Waals surface area contributed by atoms with Gasteiger partial charge in [-0.15, -0.1) is 0 Å². The summed E-state index contributed by atoms with van der Waals surface area (Å²) >= 11 is 6.03. The van der Waals surface area contributed by atoms with Gasteiger partial charge in [0.15, 0.2) is 0 Å². The molecule has 0 N–H and O–H groups in total. The largest absolute Gasteiger partial charge is 0.368 e. The minimum atomic E-state index is -0.240. The van der Waals surface area contributed by atoms with E-state index in [4.69, 9.17) is 11.6 Å². The van der Waals surface area contributed by atoms with Gasteiger partial charge >= 0.3 is 0 Å². The quantitative estimate of drug-likeness (QED) is 0.841. The van der Waals surface area contributed by atoms with Crippen molar-refractivity contribution in [1.82, 2.24) is 4.90 Å². The first kappa shape index (κ1) is 16.8. The molecule has 2 aromatic rings. The average molecular weight is 347 g/mol. The maximum atomic E-state index is 13.6. The van der Waals surface area contributed by atoms with E-state index in [1.807, 2.05) is 29.2 Å². The third-order valence-corrected chi connectivity index (χ3v) is 4.61. The Morgan fingerprint density at radius 3 is 2.50 bits per heavy atom. The zero-order valence-electron chi connectivity index (χ0n) is 13.4. The summed E-state index contributed by atoms with van der Waals surface area (Å²) in [4.78, 5) is 16.4. The fourth-order valence-electron chi connectivity index (χ4n) is 2.99. The third kappa shape index (κ3) is 4.06. The van der Waals surface area contributed by atoms with E-state index in [1.165, 1.54) is 6.07 Å². The first-order valence-electron chi connectivity index (χ1n) is 8.15. The number of rotatable bonds is 4. The van der Waals surface area contributed by atoms with Crippen LogP contribution < -0.4 is 4.90 Å². The molecule has 3 nitrogen and oxygen atoms in total. The molecule has 0 bridgehead atoms. The van der Waals surface area contributed by atoms with E-state index < -0.39 is 0 Å². The van der Waals surface area contributed by atoms with Crippen LogP contribution in [0.3, 0.4) is 0 Å². The molecule has 126 valence electrons. The fraction of sp³-hybridized carbons (Fsp3) is 0.316. The van der Waals surface area contributed by atoms with E-state index in [0.717, 1.165) is 23.8 Å². The molecule has 0 aliphatic carbocycles. The lowest BCUT2D eigenvalue weighted by molar-refractivity contribution is -0.131. The minimum absolute atomic E-state index is 0.0870. The number of nitrogens with zero attached hydrogens (tertiary/aromatic N) is 2. The van der Waals surface area contributed by atoms with Crippen LogP contribution >= 0.6 is 11.6 Å². The summed E-state index contributed by atoms with van der Waals surface area (Å²) in [6.45, 7) is 2.93. The molecule has 0 spiro atoms. The second-order valence-electron chi connectivity index (χ2n) is 5.94. The molecule has 2 aromatic carbocycles. The molecule has 0 unspecified atom stereocenters. The van der Waals surface area contributed by atoms with Crippen molar-refractivity contribution in [3.05, 3.63) is 64.9 Å². The van der Waals surface area contributed by atoms with Crippen molar-refractivity contribution in [3.8, 4) is 0 Å². The van der Waals surface area contributed by atoms with E-state index in [9.17, 15) is 9.18 Å². The minimum Gasteiger partial charge on any atom is -0.368 e. The summed E-state index contributed by atoms with van der Waals surface area (Å²) < 4.78 is 13.6. The second-order valence-corrected chi connectivity index (χ2v) is 6.38. The first-order chi connectivity index (χ1) is 11.6. The van der Waals surface area contributed by atoms with Crippen molar-refractivity contribution in [2.75, 3.05) is 31.1 Å². The molecule has 0 atom stereocenters. The van der Waals surface area contributed by atoms with E-state index in [-0.39, 0.29) is 11.7 Å². The Bertz CT molecular complexity index is 714. The molecule has 3 rings (SSSR count). The monoisotopic (exact) mass is 346 g/mol. The van der Waals surface area contributed by atoms with E-state index in [2.05, 4.69) is 4.90 Å². The van der Waals surface area contributed by atoms with Crippen LogP contribution in [0.4, 0.5) is 10.1 Å². The Labute approximate surface area is 146 Å². The summed E-state index contributed by atoms with van der Waals surface area (Å²) in [6, 6.07) is 14.4. The van der Waals surface area contributed by atoms with Crippen LogP contribution in [0, 0.1) is 5.82 Å². The van der Waals surface area contributed by atoms with Crippen molar-refractivity contribution < 1.29 is 9.18 Å². The number of piperazine rings is 1. The maximum absolute atomic E-state index is 13.6. The number of hydrogen-bond acceptors (Lipinski definition) is 2. The number of carbonyl (C=O) groups excluding carboxylic acids is 1. The predicted octanol–water partition coefficient (Wildman–Crippen LogP) is 3.76. The van der Waals surface area contributed by atoms with E-state index >= 15 is 0 Å². The molecule has 1 aliphatic heterocycles. The summed E-state index contributed by atoms with van der Waals surface area (Å²) in [5.41, 5.74) is 1.68. The summed E-state index contributed by atoms with van der Waals surface area (Å²) in [5, 5.41) is 0.718. The van der Waals surface area contributed by atoms with Crippen molar-refractivity contribution in [1.29, 1.82) is 0 Å². The van der Waals surface area contributed by atoms with Gasteiger partial charge < -0.3 is 9.80 Å². The van der Waals surface area contributed by atoms with Gasteiger partial charge in [-0.3, -0.25) is 4.79 Å². The Morgan fingerprint density at radius 1 is 1.04 bits per heavy atom. The van der Waals surface area contributed by atoms with Gasteiger partial charge in [0.1, 0.15) is 5.82 Å². The van der Waals surface area contributed by atoms with Gasteiger partial charge in [0.25, 0.3) is 0 Å². The number of aryl methyl sites for hydroxylation is 1. The number of carbonyl (C=O) groups is 1. The molecule has 1 saturated heterocycles. The zero-order chi connectivity index (χ0) is 16.9. The molecule has 1 aliphatic rings. The van der Waals surface area contributed by atoms with Crippen molar-refractivity contribution in [2.45, 2.75) is 12.8 Å². The first-order valence-corrected chi connectivity index (χ1v) is 8.53. The molecule has 1 amide bonds. The summed E-state index contributed by atoms with van der Waals surface area (Å²) in [5.74, 6) is -0.153. The third-order valence-electron chi connectivity index (χ3n) is 4.37. The van der Waals surface area contributed by atoms with Crippen LogP contribution in [0.1, 0.15) is 12.0 Å². The molecule has 5 heteroatoms. The number of halogens is 2. The van der Waals surface area contributed by atoms with Crippen LogP contribution in [-0.4, -0.2) is 37.0 Å². The molecule has 24 heavy (non-hydrogen) atoms. The Kier molecular flexibility index (Phi) is 5.36. The van der Waals surface area contributed by atoms with Crippen molar-refractivity contribution in [3.63, 3.8) is 0 Å². The molecule has 0 aromatic heterocycles. The topological polar surface area (TPSA) is 23.6 Å². The molecular weight excluding hydrogens is 327 g/mol. The summed E-state index contributed by atoms with van der Waals surface area (Å²) in [6.07, 6.45) is 0.790. The predicted molar refractivity (Wildman–Crippen MR) is 95.0 cm³/mol. The highest BCUT2D eigenvalue weighted by Crippen LogP contribution is 2.21. The normalized spacial score (nSPS) is 14.8. The fourth-order valence-corrected chi connectivity index (χ4v) is 3.17. The van der Waals surface area contributed by atoms with Gasteiger partial charge in [-0.1, -0.05) is 35.9 Å². The van der Waals surface area contributed by atoms with Crippen LogP contribution in [-0.2, 0) is 11.2 Å². The number of anilines is 1. The van der Waals surface area contributed by atoms with E-state index in [1.54, 1.807) is 18.2 Å². The second kappa shape index (κ2) is 7.67. The molecular formula is C19H20ClFN2O. The molecule has 1 fully saturated rings. The highest BCUT2D eigenvalue weighted by Gasteiger charge is 2.21. The highest BCUT2D eigenvalue weighted by molar-refractivity contribution is 6.30.